The van der Waals surface area contributed by atoms with Crippen molar-refractivity contribution in [1.82, 2.24) is 4.31 Å². The molecule has 0 spiro atoms. The number of ether oxygens (including phenoxy) is 1. The first-order valence-electron chi connectivity index (χ1n) is 12.0. The number of hydrogen-bond acceptors (Lipinski definition) is 7. The summed E-state index contributed by atoms with van der Waals surface area (Å²) in [6.07, 6.45) is -0.0931. The van der Waals surface area contributed by atoms with Crippen molar-refractivity contribution in [3.8, 4) is 0 Å². The van der Waals surface area contributed by atoms with Gasteiger partial charge in [-0.1, -0.05) is 44.2 Å². The first kappa shape index (κ1) is 29.4. The molecule has 37 heavy (non-hydrogen) atoms. The molecule has 1 heterocycles. The smallest absolute Gasteiger partial charge is 0.381 e. The van der Waals surface area contributed by atoms with Gasteiger partial charge in [-0.05, 0) is 42.9 Å². The Balaban J connectivity index is 2.07. The molecule has 0 aliphatic carbocycles. The van der Waals surface area contributed by atoms with E-state index in [1.165, 1.54) is 16.4 Å². The number of aryl methyl sites for hydroxylation is 1. The summed E-state index contributed by atoms with van der Waals surface area (Å²) in [5.74, 6) is -0.513. The summed E-state index contributed by atoms with van der Waals surface area (Å²) >= 11 is 0. The third kappa shape index (κ3) is 8.15. The van der Waals surface area contributed by atoms with Crippen LogP contribution in [0.25, 0.3) is 0 Å². The number of sulfonamides is 1. The molecule has 0 amide bonds. The molecule has 2 aromatic carbocycles. The van der Waals surface area contributed by atoms with Crippen molar-refractivity contribution in [2.75, 3.05) is 19.8 Å². The lowest BCUT2D eigenvalue weighted by atomic mass is 9.90. The minimum Gasteiger partial charge on any atom is -0.381 e. The van der Waals surface area contributed by atoms with E-state index in [-0.39, 0.29) is 42.0 Å². The normalized spacial score (nSPS) is 18.3. The minimum atomic E-state index is -4.99. The van der Waals surface area contributed by atoms with Crippen LogP contribution in [0.5, 0.6) is 0 Å². The second-order valence-corrected chi connectivity index (χ2v) is 12.6. The molecule has 3 rings (SSSR count). The fraction of sp³-hybridized carbons (Fsp3) is 0.500. The van der Waals surface area contributed by atoms with Crippen molar-refractivity contribution in [1.29, 1.82) is 0 Å². The molecule has 11 nitrogen and oxygen atoms in total. The second-order valence-electron chi connectivity index (χ2n) is 9.49. The number of non-ortho nitro benzene ring substituents is 1. The third-order valence-electron chi connectivity index (χ3n) is 6.19. The van der Waals surface area contributed by atoms with Gasteiger partial charge in [-0.25, -0.2) is 13.0 Å². The van der Waals surface area contributed by atoms with Crippen molar-refractivity contribution in [3.63, 3.8) is 0 Å². The van der Waals surface area contributed by atoms with Crippen LogP contribution in [0, 0.1) is 22.0 Å². The lowest BCUT2D eigenvalue weighted by molar-refractivity contribution is -0.384. The average molecular weight is 557 g/mol. The summed E-state index contributed by atoms with van der Waals surface area (Å²) in [5.41, 5.74) is 0.664. The fourth-order valence-corrected chi connectivity index (χ4v) is 7.03. The van der Waals surface area contributed by atoms with E-state index in [1.807, 2.05) is 44.2 Å². The highest BCUT2D eigenvalue weighted by atomic mass is 32.2. The first-order valence-corrected chi connectivity index (χ1v) is 15.0. The van der Waals surface area contributed by atoms with Gasteiger partial charge in [0, 0.05) is 31.2 Å². The summed E-state index contributed by atoms with van der Waals surface area (Å²) in [5, 5.41) is 11.1. The molecule has 1 aliphatic heterocycles. The van der Waals surface area contributed by atoms with Crippen LogP contribution >= 0.6 is 7.82 Å². The average Bonchev–Trinajstić information content (AvgIpc) is 3.36. The predicted octanol–water partition coefficient (Wildman–Crippen LogP) is 3.76. The number of nitro benzene ring substituents is 1. The van der Waals surface area contributed by atoms with Crippen LogP contribution in [0.15, 0.2) is 59.5 Å². The number of rotatable bonds is 13. The molecule has 13 heteroatoms. The Morgan fingerprint density at radius 1 is 1.16 bits per heavy atom. The molecule has 0 bridgehead atoms. The van der Waals surface area contributed by atoms with Crippen molar-refractivity contribution < 1.29 is 37.0 Å². The maximum atomic E-state index is 14.0. The van der Waals surface area contributed by atoms with Gasteiger partial charge >= 0.3 is 7.82 Å². The zero-order valence-electron chi connectivity index (χ0n) is 20.8. The Morgan fingerprint density at radius 2 is 1.81 bits per heavy atom. The van der Waals surface area contributed by atoms with E-state index in [2.05, 4.69) is 0 Å². The van der Waals surface area contributed by atoms with Crippen LogP contribution in [-0.4, -0.2) is 59.3 Å². The molecular weight excluding hydrogens is 523 g/mol. The fourth-order valence-electron chi connectivity index (χ4n) is 4.58. The highest BCUT2D eigenvalue weighted by molar-refractivity contribution is 7.89. The lowest BCUT2D eigenvalue weighted by Crippen LogP contribution is -2.53. The molecule has 0 saturated carbocycles. The van der Waals surface area contributed by atoms with Crippen LogP contribution < -0.4 is 0 Å². The number of phosphoric ester groups is 1. The van der Waals surface area contributed by atoms with E-state index in [9.17, 15) is 32.9 Å². The Hall–Kier alpha value is -2.18. The molecule has 1 fully saturated rings. The van der Waals surface area contributed by atoms with Crippen molar-refractivity contribution in [2.24, 2.45) is 11.8 Å². The Labute approximate surface area is 216 Å². The molecule has 204 valence electrons. The van der Waals surface area contributed by atoms with Gasteiger partial charge in [-0.15, -0.1) is 0 Å². The largest absolute Gasteiger partial charge is 0.469 e. The molecule has 1 aliphatic rings. The van der Waals surface area contributed by atoms with Crippen LogP contribution in [0.1, 0.15) is 32.3 Å². The highest BCUT2D eigenvalue weighted by Gasteiger charge is 2.44. The van der Waals surface area contributed by atoms with Crippen LogP contribution in [0.4, 0.5) is 5.69 Å². The quantitative estimate of drug-likeness (QED) is 0.213. The Bertz CT molecular complexity index is 1180. The van der Waals surface area contributed by atoms with Gasteiger partial charge in [0.25, 0.3) is 5.69 Å². The number of benzene rings is 2. The Morgan fingerprint density at radius 3 is 2.32 bits per heavy atom. The van der Waals surface area contributed by atoms with Gasteiger partial charge in [0.15, 0.2) is 0 Å². The standard InChI is InChI=1S/C24H33N2O9PS/c1-18(2)16-25(37(32,33)22-11-9-21(10-12-22)26(27)28)24(20-14-15-34-17-20)23(35-36(29,30)31)13-8-19-6-4-3-5-7-19/h3-7,9-12,18,20,23-24H,8,13-17H2,1-2H3,(H2,29,30,31)/t20?,23-,24+/m1/s1. The van der Waals surface area contributed by atoms with E-state index < -0.39 is 34.9 Å². The van der Waals surface area contributed by atoms with Gasteiger partial charge in [-0.2, -0.15) is 4.31 Å². The number of hydrogen-bond donors (Lipinski definition) is 2. The van der Waals surface area contributed by atoms with Gasteiger partial charge in [0.1, 0.15) is 0 Å². The Kier molecular flexibility index (Phi) is 9.99. The highest BCUT2D eigenvalue weighted by Crippen LogP contribution is 2.43. The molecule has 3 atom stereocenters. The van der Waals surface area contributed by atoms with Crippen LogP contribution in [0.2, 0.25) is 0 Å². The lowest BCUT2D eigenvalue weighted by Gasteiger charge is -2.40. The number of nitro groups is 1. The summed E-state index contributed by atoms with van der Waals surface area (Å²) < 4.78 is 52.0. The van der Waals surface area contributed by atoms with Crippen LogP contribution in [0.3, 0.4) is 0 Å². The van der Waals surface area contributed by atoms with Crippen molar-refractivity contribution in [3.05, 3.63) is 70.3 Å². The molecule has 0 aromatic heterocycles. The summed E-state index contributed by atoms with van der Waals surface area (Å²) in [4.78, 5) is 29.8. The maximum absolute atomic E-state index is 14.0. The summed E-state index contributed by atoms with van der Waals surface area (Å²) in [6, 6.07) is 12.9. The van der Waals surface area contributed by atoms with E-state index in [4.69, 9.17) is 9.26 Å². The summed E-state index contributed by atoms with van der Waals surface area (Å²) in [7, 11) is -9.23. The van der Waals surface area contributed by atoms with Crippen LogP contribution in [-0.2, 0) is 30.3 Å². The molecule has 1 saturated heterocycles. The van der Waals surface area contributed by atoms with E-state index >= 15 is 0 Å². The van der Waals surface area contributed by atoms with Crippen molar-refractivity contribution in [2.45, 2.75) is 50.2 Å². The molecule has 0 radical (unpaired) electrons. The van der Waals surface area contributed by atoms with Crippen molar-refractivity contribution >= 4 is 23.5 Å². The zero-order valence-corrected chi connectivity index (χ0v) is 22.5. The van der Waals surface area contributed by atoms with E-state index in [1.54, 1.807) is 0 Å². The van der Waals surface area contributed by atoms with Gasteiger partial charge < -0.3 is 14.5 Å². The third-order valence-corrected chi connectivity index (χ3v) is 8.62. The zero-order chi connectivity index (χ0) is 27.2. The summed E-state index contributed by atoms with van der Waals surface area (Å²) in [6.45, 7) is 4.32. The molecule has 2 aromatic rings. The minimum absolute atomic E-state index is 0.0485. The second kappa shape index (κ2) is 12.6. The van der Waals surface area contributed by atoms with Gasteiger partial charge in [0.05, 0.1) is 28.6 Å². The van der Waals surface area contributed by atoms with Gasteiger partial charge in [-0.3, -0.25) is 14.6 Å². The topological polar surface area (TPSA) is 157 Å². The molecule has 1 unspecified atom stereocenters. The van der Waals surface area contributed by atoms with E-state index in [0.29, 0.717) is 19.4 Å². The SMILES string of the molecule is CC(C)CN([C@@H](C1CCOC1)[C@@H](CCc1ccccc1)OP(=O)(O)O)S(=O)(=O)c1ccc([N+](=O)[O-])cc1. The number of nitrogens with zero attached hydrogens (tertiary/aromatic N) is 2. The molecular formula is C24H33N2O9PS. The van der Waals surface area contributed by atoms with Gasteiger partial charge in [0.2, 0.25) is 10.0 Å². The predicted molar refractivity (Wildman–Crippen MR) is 136 cm³/mol. The monoisotopic (exact) mass is 556 g/mol. The maximum Gasteiger partial charge on any atom is 0.469 e. The number of phosphoric acid groups is 1. The molecule has 2 N–H and O–H groups in total. The first-order chi connectivity index (χ1) is 17.4. The van der Waals surface area contributed by atoms with E-state index in [0.717, 1.165) is 17.7 Å².